The van der Waals surface area contributed by atoms with E-state index < -0.39 is 0 Å². The van der Waals surface area contributed by atoms with Gasteiger partial charge in [0.15, 0.2) is 0 Å². The molecule has 1 heterocycles. The molecule has 78 valence electrons. The molecule has 0 saturated carbocycles. The molecule has 0 aliphatic carbocycles. The Morgan fingerprint density at radius 1 is 1.57 bits per heavy atom. The highest BCUT2D eigenvalue weighted by molar-refractivity contribution is 7.80. The highest BCUT2D eigenvalue weighted by Gasteiger charge is 2.12. The average molecular weight is 212 g/mol. The fraction of sp³-hybridized carbons (Fsp3) is 0.667. The summed E-state index contributed by atoms with van der Waals surface area (Å²) in [7, 11) is 1.87. The van der Waals surface area contributed by atoms with Gasteiger partial charge in [-0.05, 0) is 18.8 Å². The first-order chi connectivity index (χ1) is 6.52. The average Bonchev–Trinajstić information content (AvgIpc) is 2.43. The van der Waals surface area contributed by atoms with Crippen LogP contribution in [0.1, 0.15) is 31.7 Å². The summed E-state index contributed by atoms with van der Waals surface area (Å²) in [5, 5.41) is 7.85. The van der Waals surface area contributed by atoms with Gasteiger partial charge >= 0.3 is 0 Å². The van der Waals surface area contributed by atoms with Crippen LogP contribution in [-0.4, -0.2) is 20.0 Å². The second-order valence-electron chi connectivity index (χ2n) is 3.81. The van der Waals surface area contributed by atoms with E-state index in [1.165, 1.54) is 0 Å². The molecule has 1 aromatic rings. The van der Waals surface area contributed by atoms with Crippen LogP contribution in [0.2, 0.25) is 0 Å². The molecule has 4 nitrogen and oxygen atoms in total. The number of nitrogens with two attached hydrogens (primary N) is 1. The van der Waals surface area contributed by atoms with Crippen LogP contribution in [0.15, 0.2) is 0 Å². The van der Waals surface area contributed by atoms with E-state index in [1.54, 1.807) is 4.68 Å². The van der Waals surface area contributed by atoms with Crippen LogP contribution in [0.5, 0.6) is 0 Å². The Labute approximate surface area is 89.5 Å². The molecule has 0 atom stereocenters. The molecule has 0 radical (unpaired) electrons. The van der Waals surface area contributed by atoms with Gasteiger partial charge < -0.3 is 5.73 Å². The summed E-state index contributed by atoms with van der Waals surface area (Å²) < 4.78 is 1.75. The zero-order valence-corrected chi connectivity index (χ0v) is 9.64. The first kappa shape index (κ1) is 11.1. The number of hydrogen-bond donors (Lipinski definition) is 1. The maximum Gasteiger partial charge on any atom is 0.143 e. The molecule has 14 heavy (non-hydrogen) atoms. The molecule has 0 amide bonds. The molecule has 0 unspecified atom stereocenters. The lowest BCUT2D eigenvalue weighted by Gasteiger charge is -2.05. The van der Waals surface area contributed by atoms with Crippen LogP contribution in [0.25, 0.3) is 0 Å². The Bertz CT molecular complexity index is 330. The molecule has 0 saturated heterocycles. The van der Waals surface area contributed by atoms with Gasteiger partial charge in [-0.2, -0.15) is 0 Å². The second-order valence-corrected chi connectivity index (χ2v) is 4.24. The molecule has 0 fully saturated rings. The summed E-state index contributed by atoms with van der Waals surface area (Å²) in [4.78, 5) is 0.330. The SMILES string of the molecule is CC(C)CCc1c(C(N)=S)nnn1C. The lowest BCUT2D eigenvalue weighted by molar-refractivity contribution is 0.562. The van der Waals surface area contributed by atoms with Crippen molar-refractivity contribution in [2.24, 2.45) is 18.7 Å². The predicted molar refractivity (Wildman–Crippen MR) is 60.0 cm³/mol. The highest BCUT2D eigenvalue weighted by Crippen LogP contribution is 2.11. The quantitative estimate of drug-likeness (QED) is 0.758. The smallest absolute Gasteiger partial charge is 0.143 e. The third-order valence-corrected chi connectivity index (χ3v) is 2.33. The van der Waals surface area contributed by atoms with Crippen LogP contribution < -0.4 is 5.73 Å². The van der Waals surface area contributed by atoms with Crippen molar-refractivity contribution in [2.75, 3.05) is 0 Å². The van der Waals surface area contributed by atoms with Gasteiger partial charge in [0.25, 0.3) is 0 Å². The van der Waals surface area contributed by atoms with E-state index in [4.69, 9.17) is 18.0 Å². The minimum atomic E-state index is 0.330. The zero-order chi connectivity index (χ0) is 10.7. The van der Waals surface area contributed by atoms with Crippen LogP contribution in [0.4, 0.5) is 0 Å². The highest BCUT2D eigenvalue weighted by atomic mass is 32.1. The molecule has 1 rings (SSSR count). The van der Waals surface area contributed by atoms with Crippen LogP contribution in [0, 0.1) is 5.92 Å². The monoisotopic (exact) mass is 212 g/mol. The number of rotatable bonds is 4. The van der Waals surface area contributed by atoms with E-state index in [0.29, 0.717) is 16.6 Å². The lowest BCUT2D eigenvalue weighted by atomic mass is 10.1. The van der Waals surface area contributed by atoms with Gasteiger partial charge in [0.2, 0.25) is 0 Å². The van der Waals surface area contributed by atoms with Gasteiger partial charge in [-0.25, -0.2) is 0 Å². The topological polar surface area (TPSA) is 56.7 Å². The summed E-state index contributed by atoms with van der Waals surface area (Å²) in [6, 6.07) is 0. The third kappa shape index (κ3) is 2.51. The van der Waals surface area contributed by atoms with Crippen molar-refractivity contribution in [3.8, 4) is 0 Å². The van der Waals surface area contributed by atoms with E-state index in [2.05, 4.69) is 24.2 Å². The predicted octanol–water partition coefficient (Wildman–Crippen LogP) is 1.04. The molecular weight excluding hydrogens is 196 g/mol. The number of hydrogen-bond acceptors (Lipinski definition) is 3. The Hall–Kier alpha value is -0.970. The summed E-state index contributed by atoms with van der Waals surface area (Å²) in [5.41, 5.74) is 7.25. The van der Waals surface area contributed by atoms with Crippen molar-refractivity contribution in [3.63, 3.8) is 0 Å². The van der Waals surface area contributed by atoms with Gasteiger partial charge in [-0.1, -0.05) is 31.3 Å². The van der Waals surface area contributed by atoms with Gasteiger partial charge in [0, 0.05) is 7.05 Å². The number of aryl methyl sites for hydroxylation is 1. The van der Waals surface area contributed by atoms with E-state index in [1.807, 2.05) is 7.05 Å². The van der Waals surface area contributed by atoms with Crippen molar-refractivity contribution >= 4 is 17.2 Å². The molecule has 0 aliphatic rings. The molecule has 5 heteroatoms. The maximum atomic E-state index is 5.55. The molecule has 0 aromatic carbocycles. The summed E-state index contributed by atoms with van der Waals surface area (Å²) >= 11 is 4.90. The van der Waals surface area contributed by atoms with Gasteiger partial charge in [-0.15, -0.1) is 5.10 Å². The number of nitrogens with zero attached hydrogens (tertiary/aromatic N) is 3. The van der Waals surface area contributed by atoms with E-state index >= 15 is 0 Å². The Morgan fingerprint density at radius 3 is 2.71 bits per heavy atom. The normalized spacial score (nSPS) is 10.9. The van der Waals surface area contributed by atoms with Crippen molar-refractivity contribution in [3.05, 3.63) is 11.4 Å². The summed E-state index contributed by atoms with van der Waals surface area (Å²) in [5.74, 6) is 0.657. The molecule has 0 bridgehead atoms. The van der Waals surface area contributed by atoms with Crippen LogP contribution in [-0.2, 0) is 13.5 Å². The molecular formula is C9H16N4S. The third-order valence-electron chi connectivity index (χ3n) is 2.13. The fourth-order valence-electron chi connectivity index (χ4n) is 1.27. The summed E-state index contributed by atoms with van der Waals surface area (Å²) in [6.07, 6.45) is 2.02. The van der Waals surface area contributed by atoms with Gasteiger partial charge in [-0.3, -0.25) is 4.68 Å². The Balaban J connectivity index is 2.83. The van der Waals surface area contributed by atoms with Crippen molar-refractivity contribution in [2.45, 2.75) is 26.7 Å². The van der Waals surface area contributed by atoms with Crippen molar-refractivity contribution < 1.29 is 0 Å². The Morgan fingerprint density at radius 2 is 2.21 bits per heavy atom. The largest absolute Gasteiger partial charge is 0.388 e. The first-order valence-electron chi connectivity index (χ1n) is 4.70. The molecule has 0 spiro atoms. The van der Waals surface area contributed by atoms with Crippen LogP contribution in [0.3, 0.4) is 0 Å². The molecule has 1 aromatic heterocycles. The van der Waals surface area contributed by atoms with Gasteiger partial charge in [0.05, 0.1) is 5.69 Å². The van der Waals surface area contributed by atoms with E-state index in [-0.39, 0.29) is 0 Å². The van der Waals surface area contributed by atoms with Gasteiger partial charge in [0.1, 0.15) is 10.7 Å². The number of thiocarbonyl (C=S) groups is 1. The molecule has 2 N–H and O–H groups in total. The van der Waals surface area contributed by atoms with Crippen LogP contribution >= 0.6 is 12.2 Å². The fourth-order valence-corrected chi connectivity index (χ4v) is 1.43. The standard InChI is InChI=1S/C9H16N4S/c1-6(2)4-5-7-8(9(10)14)11-12-13(7)3/h6H,4-5H2,1-3H3,(H2,10,14). The first-order valence-corrected chi connectivity index (χ1v) is 5.11. The lowest BCUT2D eigenvalue weighted by Crippen LogP contribution is -2.14. The number of aromatic nitrogens is 3. The maximum absolute atomic E-state index is 5.55. The minimum absolute atomic E-state index is 0.330. The second kappa shape index (κ2) is 4.50. The van der Waals surface area contributed by atoms with E-state index in [9.17, 15) is 0 Å². The van der Waals surface area contributed by atoms with Crippen molar-refractivity contribution in [1.82, 2.24) is 15.0 Å². The molecule has 0 aliphatic heterocycles. The van der Waals surface area contributed by atoms with E-state index in [0.717, 1.165) is 18.5 Å². The summed E-state index contributed by atoms with van der Waals surface area (Å²) in [6.45, 7) is 4.37. The Kier molecular flexibility index (Phi) is 3.57. The zero-order valence-electron chi connectivity index (χ0n) is 8.82. The minimum Gasteiger partial charge on any atom is -0.388 e. The van der Waals surface area contributed by atoms with Crippen molar-refractivity contribution in [1.29, 1.82) is 0 Å².